The van der Waals surface area contributed by atoms with Gasteiger partial charge in [0.15, 0.2) is 0 Å². The molecular weight excluding hydrogens is 176 g/mol. The van der Waals surface area contributed by atoms with Crippen LogP contribution in [0.5, 0.6) is 0 Å². The van der Waals surface area contributed by atoms with Gasteiger partial charge in [-0.05, 0) is 13.0 Å². The first-order valence-corrected chi connectivity index (χ1v) is 4.63. The first-order chi connectivity index (χ1) is 6.81. The number of anilines is 1. The first-order valence-electron chi connectivity index (χ1n) is 4.63. The second-order valence-corrected chi connectivity index (χ2v) is 3.36. The molecule has 1 aliphatic heterocycles. The molecule has 0 amide bonds. The molecule has 0 aromatic heterocycles. The first kappa shape index (κ1) is 8.94. The summed E-state index contributed by atoms with van der Waals surface area (Å²) in [5.74, 6) is 0. The van der Waals surface area contributed by atoms with Gasteiger partial charge in [-0.25, -0.2) is 0 Å². The topological polar surface area (TPSA) is 41.5 Å². The molecule has 3 nitrogen and oxygen atoms in total. The number of benzodiazepines with no additional fused rings is 1. The van der Waals surface area contributed by atoms with Gasteiger partial charge in [-0.2, -0.15) is 0 Å². The van der Waals surface area contributed by atoms with Crippen molar-refractivity contribution >= 4 is 17.7 Å². The van der Waals surface area contributed by atoms with Crippen molar-refractivity contribution in [3.63, 3.8) is 0 Å². The monoisotopic (exact) mass is 188 g/mol. The number of carbonyl (C=O) groups excluding carboxylic acids is 1. The molecule has 0 bridgehead atoms. The molecular formula is C11H12N2O. The van der Waals surface area contributed by atoms with E-state index < -0.39 is 0 Å². The molecule has 0 fully saturated rings. The highest BCUT2D eigenvalue weighted by atomic mass is 16.1. The molecule has 1 N–H and O–H groups in total. The Bertz CT molecular complexity index is 385. The summed E-state index contributed by atoms with van der Waals surface area (Å²) >= 11 is 0. The van der Waals surface area contributed by atoms with Crippen molar-refractivity contribution < 1.29 is 4.79 Å². The van der Waals surface area contributed by atoms with Crippen molar-refractivity contribution in [3.8, 4) is 0 Å². The molecule has 1 aromatic carbocycles. The van der Waals surface area contributed by atoms with E-state index in [2.05, 4.69) is 10.3 Å². The molecule has 1 atom stereocenters. The molecule has 3 heteroatoms. The van der Waals surface area contributed by atoms with Crippen molar-refractivity contribution in [3.05, 3.63) is 29.8 Å². The minimum atomic E-state index is -0.200. The van der Waals surface area contributed by atoms with Gasteiger partial charge in [0.1, 0.15) is 12.3 Å². The van der Waals surface area contributed by atoms with Crippen molar-refractivity contribution in [1.82, 2.24) is 0 Å². The van der Waals surface area contributed by atoms with Gasteiger partial charge in [-0.1, -0.05) is 18.2 Å². The molecule has 14 heavy (non-hydrogen) atoms. The maximum absolute atomic E-state index is 10.7. The zero-order valence-corrected chi connectivity index (χ0v) is 8.03. The molecule has 2 rings (SSSR count). The van der Waals surface area contributed by atoms with Crippen LogP contribution in [-0.4, -0.2) is 24.6 Å². The van der Waals surface area contributed by atoms with E-state index in [0.29, 0.717) is 6.54 Å². The number of benzene rings is 1. The van der Waals surface area contributed by atoms with Gasteiger partial charge in [-0.3, -0.25) is 4.99 Å². The molecule has 1 unspecified atom stereocenters. The quantitative estimate of drug-likeness (QED) is 0.678. The van der Waals surface area contributed by atoms with Crippen LogP contribution in [0.2, 0.25) is 0 Å². The highest BCUT2D eigenvalue weighted by Crippen LogP contribution is 2.19. The van der Waals surface area contributed by atoms with E-state index in [1.54, 1.807) is 0 Å². The molecule has 1 aromatic rings. The Hall–Kier alpha value is -1.64. The van der Waals surface area contributed by atoms with Gasteiger partial charge in [0.05, 0.1) is 6.54 Å². The molecule has 1 heterocycles. The third-order valence-corrected chi connectivity index (χ3v) is 2.35. The predicted octanol–water partition coefficient (Wildman–Crippen LogP) is 1.49. The van der Waals surface area contributed by atoms with E-state index in [0.717, 1.165) is 23.2 Å². The second kappa shape index (κ2) is 3.62. The maximum atomic E-state index is 10.7. The molecule has 0 spiro atoms. The standard InChI is InChI=1S/C11H12N2O/c1-8-10-4-2-3-5-11(10)13-9(7-14)6-12-8/h2-5,7,9,13H,6H2,1H3. The SMILES string of the molecule is CC1=NCC(C=O)Nc2ccccc21. The summed E-state index contributed by atoms with van der Waals surface area (Å²) in [5.41, 5.74) is 3.05. The van der Waals surface area contributed by atoms with Gasteiger partial charge in [-0.15, -0.1) is 0 Å². The summed E-state index contributed by atoms with van der Waals surface area (Å²) in [5, 5.41) is 3.16. The summed E-state index contributed by atoms with van der Waals surface area (Å²) in [6.07, 6.45) is 0.902. The highest BCUT2D eigenvalue weighted by Gasteiger charge is 2.14. The number of fused-ring (bicyclic) bond motifs is 1. The third kappa shape index (κ3) is 1.53. The molecule has 0 saturated heterocycles. The average molecular weight is 188 g/mol. The molecule has 0 radical (unpaired) electrons. The van der Waals surface area contributed by atoms with Crippen molar-refractivity contribution in [1.29, 1.82) is 0 Å². The van der Waals surface area contributed by atoms with E-state index >= 15 is 0 Å². The van der Waals surface area contributed by atoms with Crippen LogP contribution in [0.4, 0.5) is 5.69 Å². The van der Waals surface area contributed by atoms with E-state index in [4.69, 9.17) is 0 Å². The number of carbonyl (C=O) groups is 1. The van der Waals surface area contributed by atoms with Gasteiger partial charge < -0.3 is 10.1 Å². The van der Waals surface area contributed by atoms with Crippen LogP contribution in [-0.2, 0) is 4.79 Å². The van der Waals surface area contributed by atoms with Crippen molar-refractivity contribution in [2.45, 2.75) is 13.0 Å². The minimum Gasteiger partial charge on any atom is -0.373 e. The van der Waals surface area contributed by atoms with E-state index in [1.807, 2.05) is 31.2 Å². The number of rotatable bonds is 1. The summed E-state index contributed by atoms with van der Waals surface area (Å²) in [7, 11) is 0. The summed E-state index contributed by atoms with van der Waals surface area (Å²) < 4.78 is 0. The Kier molecular flexibility index (Phi) is 2.31. The molecule has 0 saturated carbocycles. The lowest BCUT2D eigenvalue weighted by atomic mass is 10.1. The van der Waals surface area contributed by atoms with Crippen LogP contribution >= 0.6 is 0 Å². The highest BCUT2D eigenvalue weighted by molar-refractivity contribution is 6.04. The molecule has 0 aliphatic carbocycles. The van der Waals surface area contributed by atoms with Crippen molar-refractivity contribution in [2.75, 3.05) is 11.9 Å². The third-order valence-electron chi connectivity index (χ3n) is 2.35. The van der Waals surface area contributed by atoms with E-state index in [-0.39, 0.29) is 6.04 Å². The number of hydrogen-bond acceptors (Lipinski definition) is 3. The average Bonchev–Trinajstić information content (AvgIpc) is 2.39. The lowest BCUT2D eigenvalue weighted by Gasteiger charge is -2.10. The van der Waals surface area contributed by atoms with Crippen LogP contribution in [0.15, 0.2) is 29.3 Å². The van der Waals surface area contributed by atoms with Gasteiger partial charge >= 0.3 is 0 Å². The second-order valence-electron chi connectivity index (χ2n) is 3.36. The fraction of sp³-hybridized carbons (Fsp3) is 0.273. The van der Waals surface area contributed by atoms with Crippen LogP contribution in [0, 0.1) is 0 Å². The number of aliphatic imine (C=N–C) groups is 1. The molecule has 1 aliphatic rings. The Morgan fingerprint density at radius 1 is 1.50 bits per heavy atom. The number of aldehydes is 1. The fourth-order valence-electron chi connectivity index (χ4n) is 1.57. The Morgan fingerprint density at radius 3 is 3.07 bits per heavy atom. The smallest absolute Gasteiger partial charge is 0.144 e. The zero-order valence-electron chi connectivity index (χ0n) is 8.03. The summed E-state index contributed by atoms with van der Waals surface area (Å²) in [6, 6.07) is 7.70. The Labute approximate surface area is 82.9 Å². The van der Waals surface area contributed by atoms with E-state index in [1.165, 1.54) is 0 Å². The maximum Gasteiger partial charge on any atom is 0.144 e. The number of nitrogens with one attached hydrogen (secondary N) is 1. The lowest BCUT2D eigenvalue weighted by Crippen LogP contribution is -2.23. The fourth-order valence-corrected chi connectivity index (χ4v) is 1.57. The molecule has 72 valence electrons. The van der Waals surface area contributed by atoms with E-state index in [9.17, 15) is 4.79 Å². The van der Waals surface area contributed by atoms with Gasteiger partial charge in [0.2, 0.25) is 0 Å². The van der Waals surface area contributed by atoms with Crippen LogP contribution < -0.4 is 5.32 Å². The lowest BCUT2D eigenvalue weighted by molar-refractivity contribution is -0.108. The predicted molar refractivity (Wildman–Crippen MR) is 57.0 cm³/mol. The van der Waals surface area contributed by atoms with Crippen molar-refractivity contribution in [2.24, 2.45) is 4.99 Å². The Balaban J connectivity index is 2.45. The minimum absolute atomic E-state index is 0.200. The normalized spacial score (nSPS) is 20.1. The van der Waals surface area contributed by atoms with Crippen LogP contribution in [0.25, 0.3) is 0 Å². The van der Waals surface area contributed by atoms with Crippen LogP contribution in [0.1, 0.15) is 12.5 Å². The number of hydrogen-bond donors (Lipinski definition) is 1. The zero-order chi connectivity index (χ0) is 9.97. The van der Waals surface area contributed by atoms with Gasteiger partial charge in [0, 0.05) is 17.0 Å². The van der Waals surface area contributed by atoms with Crippen LogP contribution in [0.3, 0.4) is 0 Å². The number of nitrogens with zero attached hydrogens (tertiary/aromatic N) is 1. The summed E-state index contributed by atoms with van der Waals surface area (Å²) in [4.78, 5) is 15.0. The Morgan fingerprint density at radius 2 is 2.29 bits per heavy atom. The number of para-hydroxylation sites is 1. The van der Waals surface area contributed by atoms with Gasteiger partial charge in [0.25, 0.3) is 0 Å². The summed E-state index contributed by atoms with van der Waals surface area (Å²) in [6.45, 7) is 2.48. The largest absolute Gasteiger partial charge is 0.373 e.